The number of aromatic nitrogens is 1. The quantitative estimate of drug-likeness (QED) is 0.618. The van der Waals surface area contributed by atoms with E-state index >= 15 is 0 Å². The van der Waals surface area contributed by atoms with Crippen molar-refractivity contribution in [3.8, 4) is 0 Å². The van der Waals surface area contributed by atoms with Crippen molar-refractivity contribution in [2.75, 3.05) is 6.54 Å². The first-order valence-electron chi connectivity index (χ1n) is 4.62. The summed E-state index contributed by atoms with van der Waals surface area (Å²) in [4.78, 5) is 4.40. The zero-order chi connectivity index (χ0) is 7.97. The maximum absolute atomic E-state index is 4.40. The summed E-state index contributed by atoms with van der Waals surface area (Å²) in [5, 5.41) is 3.53. The predicted molar refractivity (Wildman–Crippen MR) is 46.8 cm³/mol. The molecule has 12 heavy (non-hydrogen) atoms. The number of hydrogen-bond acceptors (Lipinski definition) is 2. The lowest BCUT2D eigenvalue weighted by Gasteiger charge is -2.08. The Labute approximate surface area is 72.0 Å². The number of fused-ring (bicyclic) bond motifs is 3. The zero-order valence-corrected chi connectivity index (χ0v) is 6.96. The second kappa shape index (κ2) is 2.30. The van der Waals surface area contributed by atoms with Crippen molar-refractivity contribution >= 4 is 0 Å². The Morgan fingerprint density at radius 3 is 3.50 bits per heavy atom. The lowest BCUT2D eigenvalue weighted by atomic mass is 10.0. The fourth-order valence-electron chi connectivity index (χ4n) is 2.49. The van der Waals surface area contributed by atoms with Crippen LogP contribution in [0.4, 0.5) is 0 Å². The summed E-state index contributed by atoms with van der Waals surface area (Å²) >= 11 is 0. The van der Waals surface area contributed by atoms with E-state index in [9.17, 15) is 0 Å². The second-order valence-corrected chi connectivity index (χ2v) is 3.72. The summed E-state index contributed by atoms with van der Waals surface area (Å²) in [5.41, 5.74) is 2.76. The molecule has 1 unspecified atom stereocenters. The standard InChI is InChI=1S/C10H12N2/c1-2-8-9(11-4-1)6-7-3-5-12-10(7)8/h1-2,4,7,10,12H,3,5-6H2/t7-,10?/m1/s1. The minimum atomic E-state index is 0.619. The maximum atomic E-state index is 4.40. The molecule has 0 saturated carbocycles. The predicted octanol–water partition coefficient (Wildman–Crippen LogP) is 1.29. The van der Waals surface area contributed by atoms with Gasteiger partial charge in [-0.05, 0) is 36.9 Å². The second-order valence-electron chi connectivity index (χ2n) is 3.72. The largest absolute Gasteiger partial charge is 0.310 e. The van der Waals surface area contributed by atoms with E-state index in [4.69, 9.17) is 0 Å². The number of hydrogen-bond donors (Lipinski definition) is 1. The summed E-state index contributed by atoms with van der Waals surface area (Å²) in [6.07, 6.45) is 4.41. The summed E-state index contributed by atoms with van der Waals surface area (Å²) in [5.74, 6) is 0.829. The number of nitrogens with one attached hydrogen (secondary N) is 1. The van der Waals surface area contributed by atoms with Gasteiger partial charge in [-0.25, -0.2) is 0 Å². The van der Waals surface area contributed by atoms with Gasteiger partial charge in [-0.1, -0.05) is 6.07 Å². The third kappa shape index (κ3) is 0.758. The summed E-state index contributed by atoms with van der Waals surface area (Å²) in [7, 11) is 0. The molecule has 62 valence electrons. The highest BCUT2D eigenvalue weighted by atomic mass is 15.0. The highest BCUT2D eigenvalue weighted by molar-refractivity contribution is 5.31. The minimum Gasteiger partial charge on any atom is -0.310 e. The molecule has 0 spiro atoms. The average Bonchev–Trinajstić information content (AvgIpc) is 2.62. The summed E-state index contributed by atoms with van der Waals surface area (Å²) in [6, 6.07) is 4.88. The van der Waals surface area contributed by atoms with E-state index in [-0.39, 0.29) is 0 Å². The molecular formula is C10H12N2. The van der Waals surface area contributed by atoms with Crippen LogP contribution in [0.3, 0.4) is 0 Å². The van der Waals surface area contributed by atoms with Crippen LogP contribution in [-0.4, -0.2) is 11.5 Å². The molecule has 1 aromatic heterocycles. The molecule has 1 aliphatic carbocycles. The molecule has 0 radical (unpaired) electrons. The van der Waals surface area contributed by atoms with Crippen LogP contribution in [0.15, 0.2) is 18.3 Å². The van der Waals surface area contributed by atoms with Gasteiger partial charge < -0.3 is 5.32 Å². The third-order valence-corrected chi connectivity index (χ3v) is 3.07. The van der Waals surface area contributed by atoms with Crippen LogP contribution in [-0.2, 0) is 6.42 Å². The monoisotopic (exact) mass is 160 g/mol. The Kier molecular flexibility index (Phi) is 1.27. The molecule has 2 atom stereocenters. The highest BCUT2D eigenvalue weighted by Gasteiger charge is 2.35. The van der Waals surface area contributed by atoms with Crippen molar-refractivity contribution in [2.45, 2.75) is 18.9 Å². The molecule has 3 rings (SSSR count). The van der Waals surface area contributed by atoms with Crippen molar-refractivity contribution in [3.05, 3.63) is 29.6 Å². The molecule has 2 nitrogen and oxygen atoms in total. The highest BCUT2D eigenvalue weighted by Crippen LogP contribution is 2.39. The molecule has 1 aromatic rings. The molecular weight excluding hydrogens is 148 g/mol. The Morgan fingerprint density at radius 1 is 1.50 bits per heavy atom. The van der Waals surface area contributed by atoms with Gasteiger partial charge in [-0.2, -0.15) is 0 Å². The van der Waals surface area contributed by atoms with Crippen molar-refractivity contribution in [2.24, 2.45) is 5.92 Å². The van der Waals surface area contributed by atoms with Crippen molar-refractivity contribution < 1.29 is 0 Å². The Hall–Kier alpha value is -0.890. The molecule has 1 N–H and O–H groups in total. The molecule has 2 heterocycles. The summed E-state index contributed by atoms with van der Waals surface area (Å²) < 4.78 is 0. The van der Waals surface area contributed by atoms with Crippen molar-refractivity contribution in [3.63, 3.8) is 0 Å². The number of rotatable bonds is 0. The van der Waals surface area contributed by atoms with Crippen LogP contribution >= 0.6 is 0 Å². The van der Waals surface area contributed by atoms with Crippen LogP contribution in [0.1, 0.15) is 23.7 Å². The lowest BCUT2D eigenvalue weighted by molar-refractivity contribution is 0.503. The molecule has 2 heteroatoms. The van der Waals surface area contributed by atoms with Crippen molar-refractivity contribution in [1.82, 2.24) is 10.3 Å². The Morgan fingerprint density at radius 2 is 2.50 bits per heavy atom. The molecule has 0 bridgehead atoms. The van der Waals surface area contributed by atoms with Crippen LogP contribution in [0, 0.1) is 5.92 Å². The van der Waals surface area contributed by atoms with Gasteiger partial charge in [0.25, 0.3) is 0 Å². The van der Waals surface area contributed by atoms with E-state index in [0.29, 0.717) is 6.04 Å². The van der Waals surface area contributed by atoms with Gasteiger partial charge in [0.1, 0.15) is 0 Å². The van der Waals surface area contributed by atoms with E-state index in [2.05, 4.69) is 16.4 Å². The van der Waals surface area contributed by atoms with Gasteiger partial charge in [0.2, 0.25) is 0 Å². The molecule has 2 aliphatic rings. The lowest BCUT2D eigenvalue weighted by Crippen LogP contribution is -2.13. The zero-order valence-electron chi connectivity index (χ0n) is 6.96. The van der Waals surface area contributed by atoms with Crippen LogP contribution in [0.2, 0.25) is 0 Å². The fraction of sp³-hybridized carbons (Fsp3) is 0.500. The SMILES string of the molecule is c1cnc2c(c1)C1NCC[C@@H]1C2. The summed E-state index contributed by atoms with van der Waals surface area (Å²) in [6.45, 7) is 1.18. The van der Waals surface area contributed by atoms with E-state index in [1.165, 1.54) is 30.6 Å². The van der Waals surface area contributed by atoms with E-state index < -0.39 is 0 Å². The molecule has 1 fully saturated rings. The minimum absolute atomic E-state index is 0.619. The fourth-order valence-corrected chi connectivity index (χ4v) is 2.49. The van der Waals surface area contributed by atoms with Gasteiger partial charge in [-0.3, -0.25) is 4.98 Å². The van der Waals surface area contributed by atoms with E-state index in [0.717, 1.165) is 5.92 Å². The third-order valence-electron chi connectivity index (χ3n) is 3.07. The van der Waals surface area contributed by atoms with Gasteiger partial charge in [0.05, 0.1) is 0 Å². The Balaban J connectivity index is 2.09. The van der Waals surface area contributed by atoms with Gasteiger partial charge in [-0.15, -0.1) is 0 Å². The normalized spacial score (nSPS) is 31.7. The maximum Gasteiger partial charge on any atom is 0.0454 e. The van der Waals surface area contributed by atoms with Crippen LogP contribution in [0.25, 0.3) is 0 Å². The Bertz CT molecular complexity index is 308. The van der Waals surface area contributed by atoms with Crippen LogP contribution in [0.5, 0.6) is 0 Å². The van der Waals surface area contributed by atoms with Gasteiger partial charge in [0, 0.05) is 17.9 Å². The van der Waals surface area contributed by atoms with Crippen molar-refractivity contribution in [1.29, 1.82) is 0 Å². The number of nitrogens with zero attached hydrogens (tertiary/aromatic N) is 1. The number of pyridine rings is 1. The molecule has 0 aromatic carbocycles. The van der Waals surface area contributed by atoms with E-state index in [1.807, 2.05) is 12.3 Å². The van der Waals surface area contributed by atoms with Crippen LogP contribution < -0.4 is 5.32 Å². The molecule has 1 aliphatic heterocycles. The smallest absolute Gasteiger partial charge is 0.0454 e. The average molecular weight is 160 g/mol. The first-order valence-corrected chi connectivity index (χ1v) is 4.62. The van der Waals surface area contributed by atoms with Gasteiger partial charge >= 0.3 is 0 Å². The molecule has 0 amide bonds. The van der Waals surface area contributed by atoms with E-state index in [1.54, 1.807) is 0 Å². The molecule has 1 saturated heterocycles. The topological polar surface area (TPSA) is 24.9 Å². The first kappa shape index (κ1) is 6.61. The van der Waals surface area contributed by atoms with Gasteiger partial charge in [0.15, 0.2) is 0 Å². The first-order chi connectivity index (χ1) is 5.95.